The van der Waals surface area contributed by atoms with Crippen LogP contribution in [0.3, 0.4) is 0 Å². The summed E-state index contributed by atoms with van der Waals surface area (Å²) in [5.41, 5.74) is 1.14. The molecule has 0 bridgehead atoms. The van der Waals surface area contributed by atoms with Gasteiger partial charge in [-0.1, -0.05) is 41.9 Å². The van der Waals surface area contributed by atoms with Crippen LogP contribution in [0.5, 0.6) is 5.75 Å². The maximum Gasteiger partial charge on any atom is 0.135 e. The largest absolute Gasteiger partial charge is 0.489 e. The number of ether oxygens (including phenoxy) is 1. The van der Waals surface area contributed by atoms with Crippen LogP contribution in [0.4, 0.5) is 5.82 Å². The van der Waals surface area contributed by atoms with Gasteiger partial charge in [-0.05, 0) is 19.4 Å². The summed E-state index contributed by atoms with van der Waals surface area (Å²) < 4.78 is 5.90. The van der Waals surface area contributed by atoms with E-state index in [-0.39, 0.29) is 0 Å². The summed E-state index contributed by atoms with van der Waals surface area (Å²) in [5.74, 6) is 1.66. The zero-order chi connectivity index (χ0) is 16.9. The van der Waals surface area contributed by atoms with Gasteiger partial charge in [0.1, 0.15) is 23.3 Å². The molecule has 1 fully saturated rings. The van der Waals surface area contributed by atoms with Gasteiger partial charge in [0.15, 0.2) is 0 Å². The van der Waals surface area contributed by atoms with Crippen molar-refractivity contribution in [2.24, 2.45) is 0 Å². The van der Waals surface area contributed by atoms with E-state index in [2.05, 4.69) is 40.8 Å². The molecule has 1 aromatic carbocycles. The number of anilines is 1. The second-order valence-corrected chi connectivity index (χ2v) is 6.76. The Balaban J connectivity index is 1.66. The zero-order valence-corrected chi connectivity index (χ0v) is 15.0. The van der Waals surface area contributed by atoms with Crippen molar-refractivity contribution in [3.63, 3.8) is 0 Å². The molecular formula is C19H24ClN3O. The van der Waals surface area contributed by atoms with Gasteiger partial charge >= 0.3 is 0 Å². The van der Waals surface area contributed by atoms with Gasteiger partial charge in [0.05, 0.1) is 0 Å². The first-order chi connectivity index (χ1) is 11.6. The summed E-state index contributed by atoms with van der Waals surface area (Å²) in [7, 11) is 0. The number of piperazine rings is 1. The van der Waals surface area contributed by atoms with Gasteiger partial charge in [0, 0.05) is 44.4 Å². The number of aromatic nitrogens is 1. The van der Waals surface area contributed by atoms with Crippen molar-refractivity contribution in [1.29, 1.82) is 0 Å². The Morgan fingerprint density at radius 3 is 2.46 bits per heavy atom. The van der Waals surface area contributed by atoms with E-state index in [0.717, 1.165) is 43.3 Å². The Morgan fingerprint density at radius 1 is 1.08 bits per heavy atom. The standard InChI is InChI=1S/C19H24ClN3O/c1-15(2)22-8-10-23(11-9-22)19-13-17(12-18(20)21-19)24-14-16-6-4-3-5-7-16/h3-7,12-13,15H,8-11,14H2,1-2H3. The smallest absolute Gasteiger partial charge is 0.135 e. The summed E-state index contributed by atoms with van der Waals surface area (Å²) in [6, 6.07) is 14.5. The average Bonchev–Trinajstić information content (AvgIpc) is 2.60. The van der Waals surface area contributed by atoms with Crippen molar-refractivity contribution in [1.82, 2.24) is 9.88 Å². The fourth-order valence-electron chi connectivity index (χ4n) is 2.91. The molecule has 5 heteroatoms. The van der Waals surface area contributed by atoms with Crippen LogP contribution in [0.2, 0.25) is 5.15 Å². The first-order valence-corrected chi connectivity index (χ1v) is 8.83. The summed E-state index contributed by atoms with van der Waals surface area (Å²) >= 11 is 6.20. The first-order valence-electron chi connectivity index (χ1n) is 8.45. The SMILES string of the molecule is CC(C)N1CCN(c2cc(OCc3ccccc3)cc(Cl)n2)CC1. The lowest BCUT2D eigenvalue weighted by Crippen LogP contribution is -2.49. The van der Waals surface area contributed by atoms with Crippen molar-refractivity contribution >= 4 is 17.4 Å². The van der Waals surface area contributed by atoms with E-state index in [4.69, 9.17) is 16.3 Å². The van der Waals surface area contributed by atoms with Crippen molar-refractivity contribution in [2.45, 2.75) is 26.5 Å². The molecule has 0 N–H and O–H groups in total. The van der Waals surface area contributed by atoms with Crippen LogP contribution in [-0.4, -0.2) is 42.1 Å². The molecule has 128 valence electrons. The van der Waals surface area contributed by atoms with Crippen molar-refractivity contribution in [3.05, 3.63) is 53.2 Å². The molecule has 0 saturated carbocycles. The van der Waals surface area contributed by atoms with E-state index in [0.29, 0.717) is 17.8 Å². The molecule has 1 aromatic heterocycles. The van der Waals surface area contributed by atoms with Gasteiger partial charge in [-0.15, -0.1) is 0 Å². The summed E-state index contributed by atoms with van der Waals surface area (Å²) in [5, 5.41) is 0.474. The number of nitrogens with zero attached hydrogens (tertiary/aromatic N) is 3. The predicted molar refractivity (Wildman–Crippen MR) is 98.9 cm³/mol. The summed E-state index contributed by atoms with van der Waals surface area (Å²) in [6.07, 6.45) is 0. The molecule has 2 aromatic rings. The van der Waals surface area contributed by atoms with E-state index in [1.165, 1.54) is 0 Å². The molecule has 4 nitrogen and oxygen atoms in total. The number of hydrogen-bond donors (Lipinski definition) is 0. The molecule has 0 atom stereocenters. The number of halogens is 1. The minimum Gasteiger partial charge on any atom is -0.489 e. The quantitative estimate of drug-likeness (QED) is 0.770. The molecule has 24 heavy (non-hydrogen) atoms. The van der Waals surface area contributed by atoms with Crippen LogP contribution in [0.15, 0.2) is 42.5 Å². The van der Waals surface area contributed by atoms with E-state index in [9.17, 15) is 0 Å². The van der Waals surface area contributed by atoms with Crippen LogP contribution in [-0.2, 0) is 6.61 Å². The van der Waals surface area contributed by atoms with Crippen molar-refractivity contribution in [3.8, 4) is 5.75 Å². The molecule has 0 unspecified atom stereocenters. The van der Waals surface area contributed by atoms with Gasteiger partial charge in [-0.3, -0.25) is 4.90 Å². The average molecular weight is 346 g/mol. The van der Waals surface area contributed by atoms with E-state index < -0.39 is 0 Å². The third-order valence-corrected chi connectivity index (χ3v) is 4.56. The van der Waals surface area contributed by atoms with E-state index in [1.54, 1.807) is 6.07 Å². The molecule has 2 heterocycles. The fraction of sp³-hybridized carbons (Fsp3) is 0.421. The number of hydrogen-bond acceptors (Lipinski definition) is 4. The molecule has 1 aliphatic rings. The molecule has 1 saturated heterocycles. The summed E-state index contributed by atoms with van der Waals surface area (Å²) in [6.45, 7) is 9.03. The zero-order valence-electron chi connectivity index (χ0n) is 14.3. The maximum atomic E-state index is 6.20. The highest BCUT2D eigenvalue weighted by atomic mass is 35.5. The number of rotatable bonds is 5. The molecule has 1 aliphatic heterocycles. The lowest BCUT2D eigenvalue weighted by Gasteiger charge is -2.37. The van der Waals surface area contributed by atoms with Crippen LogP contribution in [0.1, 0.15) is 19.4 Å². The Labute approximate surface area is 149 Å². The summed E-state index contributed by atoms with van der Waals surface area (Å²) in [4.78, 5) is 9.23. The third-order valence-electron chi connectivity index (χ3n) is 4.37. The Bertz CT molecular complexity index is 655. The highest BCUT2D eigenvalue weighted by Gasteiger charge is 2.20. The third kappa shape index (κ3) is 4.40. The Hall–Kier alpha value is -1.78. The van der Waals surface area contributed by atoms with Gasteiger partial charge in [-0.25, -0.2) is 4.98 Å². The van der Waals surface area contributed by atoms with Gasteiger partial charge < -0.3 is 9.64 Å². The Morgan fingerprint density at radius 2 is 1.79 bits per heavy atom. The lowest BCUT2D eigenvalue weighted by atomic mass is 10.2. The Kier molecular flexibility index (Phi) is 5.59. The molecule has 0 aliphatic carbocycles. The lowest BCUT2D eigenvalue weighted by molar-refractivity contribution is 0.209. The highest BCUT2D eigenvalue weighted by Crippen LogP contribution is 2.25. The monoisotopic (exact) mass is 345 g/mol. The minimum atomic E-state index is 0.474. The fourth-order valence-corrected chi connectivity index (χ4v) is 3.11. The van der Waals surface area contributed by atoms with E-state index >= 15 is 0 Å². The molecule has 3 rings (SSSR count). The predicted octanol–water partition coefficient (Wildman–Crippen LogP) is 3.84. The molecular weight excluding hydrogens is 322 g/mol. The molecule has 0 amide bonds. The van der Waals surface area contributed by atoms with Crippen molar-refractivity contribution < 1.29 is 4.74 Å². The van der Waals surface area contributed by atoms with Crippen molar-refractivity contribution in [2.75, 3.05) is 31.1 Å². The van der Waals surface area contributed by atoms with Crippen LogP contribution < -0.4 is 9.64 Å². The topological polar surface area (TPSA) is 28.6 Å². The van der Waals surface area contributed by atoms with Crippen LogP contribution >= 0.6 is 11.6 Å². The highest BCUT2D eigenvalue weighted by molar-refractivity contribution is 6.29. The minimum absolute atomic E-state index is 0.474. The molecule has 0 radical (unpaired) electrons. The first kappa shape index (κ1) is 17.1. The van der Waals surface area contributed by atoms with Gasteiger partial charge in [0.25, 0.3) is 0 Å². The second-order valence-electron chi connectivity index (χ2n) is 6.37. The number of benzene rings is 1. The normalized spacial score (nSPS) is 15.8. The van der Waals surface area contributed by atoms with Crippen LogP contribution in [0, 0.1) is 0 Å². The van der Waals surface area contributed by atoms with E-state index in [1.807, 2.05) is 24.3 Å². The number of pyridine rings is 1. The second kappa shape index (κ2) is 7.86. The van der Waals surface area contributed by atoms with Gasteiger partial charge in [0.2, 0.25) is 0 Å². The van der Waals surface area contributed by atoms with Crippen LogP contribution in [0.25, 0.3) is 0 Å². The van der Waals surface area contributed by atoms with Gasteiger partial charge in [-0.2, -0.15) is 0 Å². The molecule has 0 spiro atoms. The maximum absolute atomic E-state index is 6.20.